The average molecular weight is 236 g/mol. The van der Waals surface area contributed by atoms with Gasteiger partial charge in [0, 0.05) is 0 Å². The normalized spacial score (nSPS) is 23.4. The van der Waals surface area contributed by atoms with Gasteiger partial charge in [0.25, 0.3) is 0 Å². The number of carboxylic acid groups (broad SMARTS) is 1. The fraction of sp³-hybridized carbons (Fsp3) is 0.462. The molecule has 1 aromatic rings. The second-order valence-corrected chi connectivity index (χ2v) is 4.21. The number of methoxy groups -OCH3 is 1. The van der Waals surface area contributed by atoms with Crippen molar-refractivity contribution in [3.8, 4) is 11.5 Å². The number of carbonyl (C=O) groups is 1. The Kier molecular flexibility index (Phi) is 3.52. The van der Waals surface area contributed by atoms with Gasteiger partial charge in [-0.25, -0.2) is 0 Å². The molecule has 0 aromatic heterocycles. The fourth-order valence-electron chi connectivity index (χ4n) is 2.18. The zero-order chi connectivity index (χ0) is 12.3. The van der Waals surface area contributed by atoms with Crippen LogP contribution in [0, 0.1) is 5.92 Å². The van der Waals surface area contributed by atoms with E-state index in [4.69, 9.17) is 14.6 Å². The van der Waals surface area contributed by atoms with E-state index in [2.05, 4.69) is 0 Å². The van der Waals surface area contributed by atoms with Crippen molar-refractivity contribution >= 4 is 5.97 Å². The molecule has 1 aromatic carbocycles. The molecule has 0 spiro atoms. The SMILES string of the molecule is COc1ccc(OC2CCCC2C(=O)O)cc1. The molecule has 17 heavy (non-hydrogen) atoms. The van der Waals surface area contributed by atoms with E-state index in [0.29, 0.717) is 12.2 Å². The summed E-state index contributed by atoms with van der Waals surface area (Å²) in [5.74, 6) is 0.320. The molecule has 0 aliphatic heterocycles. The van der Waals surface area contributed by atoms with Crippen molar-refractivity contribution in [3.63, 3.8) is 0 Å². The number of aliphatic carboxylic acids is 1. The van der Waals surface area contributed by atoms with Gasteiger partial charge in [0.15, 0.2) is 0 Å². The highest BCUT2D eigenvalue weighted by Gasteiger charge is 2.34. The number of hydrogen-bond donors (Lipinski definition) is 1. The van der Waals surface area contributed by atoms with Gasteiger partial charge in [0.05, 0.1) is 13.0 Å². The van der Waals surface area contributed by atoms with Gasteiger partial charge in [-0.05, 0) is 43.5 Å². The van der Waals surface area contributed by atoms with Crippen LogP contribution in [-0.4, -0.2) is 24.3 Å². The van der Waals surface area contributed by atoms with Crippen molar-refractivity contribution in [2.24, 2.45) is 5.92 Å². The number of rotatable bonds is 4. The molecule has 4 heteroatoms. The summed E-state index contributed by atoms with van der Waals surface area (Å²) in [4.78, 5) is 11.0. The van der Waals surface area contributed by atoms with Crippen molar-refractivity contribution in [3.05, 3.63) is 24.3 Å². The molecule has 4 nitrogen and oxygen atoms in total. The van der Waals surface area contributed by atoms with Crippen LogP contribution < -0.4 is 9.47 Å². The van der Waals surface area contributed by atoms with Gasteiger partial charge in [-0.2, -0.15) is 0 Å². The molecule has 0 bridgehead atoms. The lowest BCUT2D eigenvalue weighted by Crippen LogP contribution is -2.27. The van der Waals surface area contributed by atoms with Crippen molar-refractivity contribution in [2.75, 3.05) is 7.11 Å². The van der Waals surface area contributed by atoms with Crippen molar-refractivity contribution in [2.45, 2.75) is 25.4 Å². The van der Waals surface area contributed by atoms with Crippen molar-refractivity contribution in [1.29, 1.82) is 0 Å². The quantitative estimate of drug-likeness (QED) is 0.871. The van der Waals surface area contributed by atoms with E-state index in [-0.39, 0.29) is 12.0 Å². The molecular formula is C13H16O4. The third-order valence-corrected chi connectivity index (χ3v) is 3.12. The highest BCUT2D eigenvalue weighted by molar-refractivity contribution is 5.71. The molecule has 1 aliphatic carbocycles. The number of hydrogen-bond acceptors (Lipinski definition) is 3. The first-order chi connectivity index (χ1) is 8.20. The lowest BCUT2D eigenvalue weighted by Gasteiger charge is -2.18. The summed E-state index contributed by atoms with van der Waals surface area (Å²) in [5.41, 5.74) is 0. The summed E-state index contributed by atoms with van der Waals surface area (Å²) >= 11 is 0. The Morgan fingerprint density at radius 2 is 1.88 bits per heavy atom. The Labute approximate surface area is 100 Å². The standard InChI is InChI=1S/C13H16O4/c1-16-9-5-7-10(8-6-9)17-12-4-2-3-11(12)13(14)15/h5-8,11-12H,2-4H2,1H3,(H,14,15). The Morgan fingerprint density at radius 3 is 2.47 bits per heavy atom. The fourth-order valence-corrected chi connectivity index (χ4v) is 2.18. The molecule has 1 aliphatic rings. The lowest BCUT2D eigenvalue weighted by atomic mass is 10.1. The minimum Gasteiger partial charge on any atom is -0.497 e. The monoisotopic (exact) mass is 236 g/mol. The van der Waals surface area contributed by atoms with E-state index in [0.717, 1.165) is 18.6 Å². The largest absolute Gasteiger partial charge is 0.497 e. The van der Waals surface area contributed by atoms with E-state index >= 15 is 0 Å². The summed E-state index contributed by atoms with van der Waals surface area (Å²) in [6, 6.07) is 7.21. The number of ether oxygens (including phenoxy) is 2. The number of carboxylic acids is 1. The van der Waals surface area contributed by atoms with Crippen LogP contribution in [0.15, 0.2) is 24.3 Å². The van der Waals surface area contributed by atoms with Crippen LogP contribution >= 0.6 is 0 Å². The maximum atomic E-state index is 11.0. The van der Waals surface area contributed by atoms with Crippen LogP contribution in [0.25, 0.3) is 0 Å². The molecule has 2 unspecified atom stereocenters. The van der Waals surface area contributed by atoms with Crippen LogP contribution in [0.4, 0.5) is 0 Å². The van der Waals surface area contributed by atoms with Crippen LogP contribution in [-0.2, 0) is 4.79 Å². The first-order valence-electron chi connectivity index (χ1n) is 5.74. The minimum atomic E-state index is -0.763. The zero-order valence-electron chi connectivity index (χ0n) is 9.76. The maximum Gasteiger partial charge on any atom is 0.310 e. The molecular weight excluding hydrogens is 220 g/mol. The second-order valence-electron chi connectivity index (χ2n) is 4.21. The molecule has 1 fully saturated rings. The summed E-state index contributed by atoms with van der Waals surface area (Å²) in [7, 11) is 1.60. The van der Waals surface area contributed by atoms with E-state index in [1.54, 1.807) is 31.4 Å². The third-order valence-electron chi connectivity index (χ3n) is 3.12. The van der Waals surface area contributed by atoms with E-state index in [1.807, 2.05) is 0 Å². The van der Waals surface area contributed by atoms with E-state index < -0.39 is 5.97 Å². The summed E-state index contributed by atoms with van der Waals surface area (Å²) in [6.07, 6.45) is 2.22. The molecule has 2 rings (SSSR count). The van der Waals surface area contributed by atoms with Crippen molar-refractivity contribution in [1.82, 2.24) is 0 Å². The first kappa shape index (κ1) is 11.8. The summed E-state index contributed by atoms with van der Waals surface area (Å²) in [5, 5.41) is 9.04. The molecule has 0 saturated heterocycles. The maximum absolute atomic E-state index is 11.0. The smallest absolute Gasteiger partial charge is 0.310 e. The topological polar surface area (TPSA) is 55.8 Å². The number of benzene rings is 1. The lowest BCUT2D eigenvalue weighted by molar-refractivity contribution is -0.144. The molecule has 0 radical (unpaired) electrons. The van der Waals surface area contributed by atoms with Gasteiger partial charge in [0.2, 0.25) is 0 Å². The third kappa shape index (κ3) is 2.70. The second kappa shape index (κ2) is 5.08. The van der Waals surface area contributed by atoms with Crippen LogP contribution in [0.1, 0.15) is 19.3 Å². The average Bonchev–Trinajstić information content (AvgIpc) is 2.78. The van der Waals surface area contributed by atoms with Gasteiger partial charge >= 0.3 is 5.97 Å². The molecule has 92 valence electrons. The van der Waals surface area contributed by atoms with Gasteiger partial charge < -0.3 is 14.6 Å². The molecule has 0 amide bonds. The highest BCUT2D eigenvalue weighted by atomic mass is 16.5. The molecule has 2 atom stereocenters. The Morgan fingerprint density at radius 1 is 1.24 bits per heavy atom. The zero-order valence-corrected chi connectivity index (χ0v) is 9.76. The Bertz CT molecular complexity index is 385. The summed E-state index contributed by atoms with van der Waals surface area (Å²) in [6.45, 7) is 0. The van der Waals surface area contributed by atoms with Crippen molar-refractivity contribution < 1.29 is 19.4 Å². The molecule has 1 N–H and O–H groups in total. The minimum absolute atomic E-state index is 0.208. The van der Waals surface area contributed by atoms with Gasteiger partial charge in [-0.3, -0.25) is 4.79 Å². The van der Waals surface area contributed by atoms with Gasteiger partial charge in [-0.15, -0.1) is 0 Å². The van der Waals surface area contributed by atoms with Gasteiger partial charge in [-0.1, -0.05) is 0 Å². The van der Waals surface area contributed by atoms with Crippen LogP contribution in [0.5, 0.6) is 11.5 Å². The van der Waals surface area contributed by atoms with E-state index in [9.17, 15) is 4.79 Å². The van der Waals surface area contributed by atoms with Crippen LogP contribution in [0.3, 0.4) is 0 Å². The molecule has 1 saturated carbocycles. The highest BCUT2D eigenvalue weighted by Crippen LogP contribution is 2.30. The predicted octanol–water partition coefficient (Wildman–Crippen LogP) is 2.33. The Hall–Kier alpha value is -1.71. The van der Waals surface area contributed by atoms with Crippen LogP contribution in [0.2, 0.25) is 0 Å². The van der Waals surface area contributed by atoms with E-state index in [1.165, 1.54) is 0 Å². The first-order valence-corrected chi connectivity index (χ1v) is 5.74. The predicted molar refractivity (Wildman–Crippen MR) is 62.4 cm³/mol. The Balaban J connectivity index is 2.02. The summed E-state index contributed by atoms with van der Waals surface area (Å²) < 4.78 is 10.8. The van der Waals surface area contributed by atoms with Gasteiger partial charge in [0.1, 0.15) is 17.6 Å². The molecule has 0 heterocycles.